The number of hydrogen-bond acceptors (Lipinski definition) is 5. The van der Waals surface area contributed by atoms with Gasteiger partial charge in [-0.3, -0.25) is 4.79 Å². The van der Waals surface area contributed by atoms with Crippen molar-refractivity contribution in [3.8, 4) is 0 Å². The van der Waals surface area contributed by atoms with Crippen LogP contribution in [-0.2, 0) is 19.3 Å². The van der Waals surface area contributed by atoms with Crippen molar-refractivity contribution >= 4 is 5.97 Å². The Labute approximate surface area is 214 Å². The summed E-state index contributed by atoms with van der Waals surface area (Å²) in [5, 5.41) is 11.8. The quantitative estimate of drug-likeness (QED) is 0.171. The summed E-state index contributed by atoms with van der Waals surface area (Å²) < 4.78 is 5.96. The monoisotopic (exact) mass is 492 g/mol. The van der Waals surface area contributed by atoms with E-state index in [1.54, 1.807) is 7.11 Å². The second-order valence-electron chi connectivity index (χ2n) is 13.2. The number of rotatable bonds is 9. The van der Waals surface area contributed by atoms with Crippen LogP contribution >= 0.6 is 0 Å². The lowest BCUT2D eigenvalue weighted by molar-refractivity contribution is -0.273. The SMILES string of the molecule is CCC(C)C(=O)OC1CCC2(C)C(CCC3C2CC(O)C2(C)C(C(C)CCCOOC)CCC32)C1. The summed E-state index contributed by atoms with van der Waals surface area (Å²) in [5.41, 5.74) is 0.306. The maximum atomic E-state index is 12.4. The minimum atomic E-state index is -0.213. The minimum absolute atomic E-state index is 0.00424. The zero-order valence-corrected chi connectivity index (χ0v) is 23.3. The fourth-order valence-electron chi connectivity index (χ4n) is 9.45. The maximum absolute atomic E-state index is 12.4. The molecule has 1 N–H and O–H groups in total. The number of aliphatic hydroxyl groups is 1. The van der Waals surface area contributed by atoms with E-state index in [-0.39, 0.29) is 34.9 Å². The fourth-order valence-corrected chi connectivity index (χ4v) is 9.45. The first-order chi connectivity index (χ1) is 16.7. The van der Waals surface area contributed by atoms with Crippen molar-refractivity contribution in [2.45, 2.75) is 117 Å². The van der Waals surface area contributed by atoms with Gasteiger partial charge >= 0.3 is 5.97 Å². The summed E-state index contributed by atoms with van der Waals surface area (Å²) in [5.74, 6) is 3.75. The third-order valence-electron chi connectivity index (χ3n) is 11.8. The van der Waals surface area contributed by atoms with Gasteiger partial charge in [0.2, 0.25) is 0 Å². The molecule has 4 saturated carbocycles. The van der Waals surface area contributed by atoms with E-state index in [0.29, 0.717) is 36.2 Å². The van der Waals surface area contributed by atoms with Crippen molar-refractivity contribution in [3.05, 3.63) is 0 Å². The number of ether oxygens (including phenoxy) is 1. The van der Waals surface area contributed by atoms with E-state index in [4.69, 9.17) is 14.5 Å². The van der Waals surface area contributed by atoms with Crippen LogP contribution in [-0.4, -0.2) is 37.0 Å². The zero-order valence-electron chi connectivity index (χ0n) is 23.3. The van der Waals surface area contributed by atoms with Crippen LogP contribution in [0.15, 0.2) is 0 Å². The van der Waals surface area contributed by atoms with E-state index in [1.165, 1.54) is 25.7 Å². The number of hydrogen-bond donors (Lipinski definition) is 1. The van der Waals surface area contributed by atoms with Crippen LogP contribution in [0.25, 0.3) is 0 Å². The highest BCUT2D eigenvalue weighted by molar-refractivity contribution is 5.72. The molecule has 4 aliphatic carbocycles. The lowest BCUT2D eigenvalue weighted by atomic mass is 9.43. The molecular weight excluding hydrogens is 440 g/mol. The van der Waals surface area contributed by atoms with Gasteiger partial charge in [0.15, 0.2) is 0 Å². The molecule has 4 fully saturated rings. The molecule has 5 heteroatoms. The van der Waals surface area contributed by atoms with Gasteiger partial charge in [0, 0.05) is 0 Å². The Morgan fingerprint density at radius 1 is 1.06 bits per heavy atom. The summed E-state index contributed by atoms with van der Waals surface area (Å²) >= 11 is 0. The van der Waals surface area contributed by atoms with Crippen LogP contribution in [0.3, 0.4) is 0 Å². The molecule has 0 aromatic carbocycles. The Kier molecular flexibility index (Phi) is 8.60. The van der Waals surface area contributed by atoms with E-state index in [2.05, 4.69) is 27.7 Å². The predicted molar refractivity (Wildman–Crippen MR) is 137 cm³/mol. The third kappa shape index (κ3) is 4.95. The molecule has 0 heterocycles. The maximum Gasteiger partial charge on any atom is 0.308 e. The van der Waals surface area contributed by atoms with Crippen molar-refractivity contribution < 1.29 is 24.4 Å². The van der Waals surface area contributed by atoms with Crippen LogP contribution in [0.2, 0.25) is 0 Å². The van der Waals surface area contributed by atoms with Gasteiger partial charge in [0.1, 0.15) is 6.10 Å². The first kappa shape index (κ1) is 27.4. The van der Waals surface area contributed by atoms with E-state index in [1.807, 2.05) is 6.92 Å². The Balaban J connectivity index is 1.43. The lowest BCUT2D eigenvalue weighted by Crippen LogP contribution is -2.59. The van der Waals surface area contributed by atoms with E-state index < -0.39 is 0 Å². The summed E-state index contributed by atoms with van der Waals surface area (Å²) in [7, 11) is 1.57. The summed E-state index contributed by atoms with van der Waals surface area (Å²) in [6, 6.07) is 0. The summed E-state index contributed by atoms with van der Waals surface area (Å²) in [6.07, 6.45) is 12.0. The van der Waals surface area contributed by atoms with Crippen molar-refractivity contribution in [2.75, 3.05) is 13.7 Å². The predicted octanol–water partition coefficient (Wildman–Crippen LogP) is 6.57. The molecule has 5 nitrogen and oxygen atoms in total. The number of fused-ring (bicyclic) bond motifs is 5. The summed E-state index contributed by atoms with van der Waals surface area (Å²) in [4.78, 5) is 22.3. The van der Waals surface area contributed by atoms with Crippen LogP contribution in [0.4, 0.5) is 0 Å². The van der Waals surface area contributed by atoms with Gasteiger partial charge < -0.3 is 9.84 Å². The first-order valence-corrected chi connectivity index (χ1v) is 14.7. The van der Waals surface area contributed by atoms with Gasteiger partial charge in [-0.1, -0.05) is 34.6 Å². The van der Waals surface area contributed by atoms with E-state index >= 15 is 0 Å². The second kappa shape index (κ2) is 11.0. The Morgan fingerprint density at radius 3 is 2.54 bits per heavy atom. The molecular formula is C30H52O5. The Bertz CT molecular complexity index is 726. The lowest BCUT2D eigenvalue weighted by Gasteiger charge is -2.62. The van der Waals surface area contributed by atoms with E-state index in [0.717, 1.165) is 50.9 Å². The molecule has 0 amide bonds. The Hall–Kier alpha value is -0.650. The smallest absolute Gasteiger partial charge is 0.308 e. The van der Waals surface area contributed by atoms with E-state index in [9.17, 15) is 9.90 Å². The zero-order chi connectivity index (χ0) is 25.4. The Morgan fingerprint density at radius 2 is 1.83 bits per heavy atom. The number of carbonyl (C=O) groups excluding carboxylic acids is 1. The molecule has 11 unspecified atom stereocenters. The molecule has 0 saturated heterocycles. The molecule has 0 spiro atoms. The molecule has 11 atom stereocenters. The molecule has 202 valence electrons. The topological polar surface area (TPSA) is 65.0 Å². The standard InChI is InChI=1S/C30H52O5/c1-7-19(2)28(32)35-22-14-15-29(4)21(17-22)10-11-23-25-13-12-24(20(3)9-8-16-34-33-6)30(25,5)27(31)18-26(23)29/h19-27,31H,7-18H2,1-6H3. The van der Waals surface area contributed by atoms with Crippen molar-refractivity contribution in [1.82, 2.24) is 0 Å². The number of esters is 1. The first-order valence-electron chi connectivity index (χ1n) is 14.7. The highest BCUT2D eigenvalue weighted by Gasteiger charge is 2.63. The largest absolute Gasteiger partial charge is 0.462 e. The normalized spacial score (nSPS) is 44.6. The number of aliphatic hydroxyl groups excluding tert-OH is 1. The average molecular weight is 493 g/mol. The van der Waals surface area contributed by atoms with Gasteiger partial charge in [0.05, 0.1) is 25.7 Å². The third-order valence-corrected chi connectivity index (χ3v) is 11.8. The molecule has 0 aromatic rings. The molecule has 0 bridgehead atoms. The average Bonchev–Trinajstić information content (AvgIpc) is 3.21. The van der Waals surface area contributed by atoms with Gasteiger partial charge in [-0.2, -0.15) is 0 Å². The van der Waals surface area contributed by atoms with Crippen LogP contribution in [0.1, 0.15) is 105 Å². The highest BCUT2D eigenvalue weighted by atomic mass is 17.2. The van der Waals surface area contributed by atoms with Gasteiger partial charge in [-0.25, -0.2) is 9.78 Å². The fraction of sp³-hybridized carbons (Fsp3) is 0.967. The molecule has 0 aliphatic heterocycles. The van der Waals surface area contributed by atoms with Crippen LogP contribution in [0, 0.1) is 52.3 Å². The molecule has 0 radical (unpaired) electrons. The minimum Gasteiger partial charge on any atom is -0.462 e. The molecule has 4 rings (SSSR count). The van der Waals surface area contributed by atoms with Gasteiger partial charge in [-0.15, -0.1) is 0 Å². The van der Waals surface area contributed by atoms with Crippen molar-refractivity contribution in [3.63, 3.8) is 0 Å². The molecule has 4 aliphatic rings. The van der Waals surface area contributed by atoms with Crippen molar-refractivity contribution in [2.24, 2.45) is 52.3 Å². The van der Waals surface area contributed by atoms with Crippen molar-refractivity contribution in [1.29, 1.82) is 0 Å². The highest BCUT2D eigenvalue weighted by Crippen LogP contribution is 2.68. The second-order valence-corrected chi connectivity index (χ2v) is 13.2. The van der Waals surface area contributed by atoms with Gasteiger partial charge in [-0.05, 0) is 117 Å². The molecule has 35 heavy (non-hydrogen) atoms. The number of carbonyl (C=O) groups is 1. The van der Waals surface area contributed by atoms with Crippen LogP contribution < -0.4 is 0 Å². The van der Waals surface area contributed by atoms with Crippen LogP contribution in [0.5, 0.6) is 0 Å². The summed E-state index contributed by atoms with van der Waals surface area (Å²) in [6.45, 7) is 12.0. The van der Waals surface area contributed by atoms with Gasteiger partial charge in [0.25, 0.3) is 0 Å². The molecule has 0 aromatic heterocycles.